The Morgan fingerprint density at radius 2 is 2.10 bits per heavy atom. The van der Waals surface area contributed by atoms with E-state index in [2.05, 4.69) is 15.6 Å². The molecule has 118 valence electrons. The van der Waals surface area contributed by atoms with Crippen LogP contribution in [0.5, 0.6) is 0 Å². The predicted molar refractivity (Wildman–Crippen MR) is 85.0 cm³/mol. The van der Waals surface area contributed by atoms with E-state index in [-0.39, 0.29) is 11.9 Å². The normalized spacial score (nSPS) is 11.8. The van der Waals surface area contributed by atoms with E-state index in [1.54, 1.807) is 26.1 Å². The topological polar surface area (TPSA) is 45.7 Å². The number of benzene rings is 1. The molecule has 0 bridgehead atoms. The maximum absolute atomic E-state index is 13.5. The van der Waals surface area contributed by atoms with Gasteiger partial charge in [0.2, 0.25) is 0 Å². The molecule has 0 radical (unpaired) electrons. The molecule has 0 saturated carbocycles. The molecule has 1 aromatic rings. The number of nitrogens with one attached hydrogen (secondary N) is 2. The van der Waals surface area contributed by atoms with Gasteiger partial charge in [-0.2, -0.15) is 0 Å². The number of hydrogen-bond donors (Lipinski definition) is 2. The molecule has 0 unspecified atom stereocenters. The summed E-state index contributed by atoms with van der Waals surface area (Å²) in [5, 5.41) is 6.37. The summed E-state index contributed by atoms with van der Waals surface area (Å²) in [6.07, 6.45) is 1.18. The number of guanidine groups is 1. The fourth-order valence-electron chi connectivity index (χ4n) is 1.75. The molecule has 0 amide bonds. The Labute approximate surface area is 126 Å². The molecule has 2 N–H and O–H groups in total. The summed E-state index contributed by atoms with van der Waals surface area (Å²) in [6.45, 7) is 7.86. The van der Waals surface area contributed by atoms with Gasteiger partial charge in [0.05, 0.1) is 6.10 Å². The molecule has 0 heterocycles. The molecule has 0 aliphatic rings. The van der Waals surface area contributed by atoms with E-state index < -0.39 is 0 Å². The van der Waals surface area contributed by atoms with Crippen molar-refractivity contribution in [3.8, 4) is 0 Å². The molecule has 0 aliphatic carbocycles. The summed E-state index contributed by atoms with van der Waals surface area (Å²) in [6, 6.07) is 5.24. The second kappa shape index (κ2) is 9.34. The average molecular weight is 295 g/mol. The molecule has 0 spiro atoms. The third-order valence-electron chi connectivity index (χ3n) is 2.98. The fourth-order valence-corrected chi connectivity index (χ4v) is 1.75. The molecule has 0 atom stereocenters. The number of aryl methyl sites for hydroxylation is 1. The Morgan fingerprint density at radius 3 is 2.71 bits per heavy atom. The van der Waals surface area contributed by atoms with Crippen LogP contribution in [0.4, 0.5) is 4.39 Å². The fraction of sp³-hybridized carbons (Fsp3) is 0.562. The number of aliphatic imine (C=N–C) groups is 1. The third-order valence-corrected chi connectivity index (χ3v) is 2.98. The SMILES string of the molecule is CN=C(NCCCOC(C)C)NCc1ccc(C)c(F)c1. The van der Waals surface area contributed by atoms with Gasteiger partial charge in [0.1, 0.15) is 5.82 Å². The Bertz CT molecular complexity index is 461. The van der Waals surface area contributed by atoms with Crippen LogP contribution in [0.1, 0.15) is 31.4 Å². The van der Waals surface area contributed by atoms with Gasteiger partial charge < -0.3 is 15.4 Å². The van der Waals surface area contributed by atoms with Crippen molar-refractivity contribution in [3.05, 3.63) is 35.1 Å². The first-order valence-electron chi connectivity index (χ1n) is 7.34. The molecule has 1 rings (SSSR count). The first-order valence-corrected chi connectivity index (χ1v) is 7.34. The van der Waals surface area contributed by atoms with Crippen LogP contribution in [-0.2, 0) is 11.3 Å². The van der Waals surface area contributed by atoms with E-state index in [1.165, 1.54) is 0 Å². The lowest BCUT2D eigenvalue weighted by atomic mass is 10.1. The van der Waals surface area contributed by atoms with Crippen molar-refractivity contribution in [2.24, 2.45) is 4.99 Å². The number of nitrogens with zero attached hydrogens (tertiary/aromatic N) is 1. The smallest absolute Gasteiger partial charge is 0.191 e. The molecule has 0 saturated heterocycles. The van der Waals surface area contributed by atoms with Gasteiger partial charge in [0, 0.05) is 26.7 Å². The zero-order valence-corrected chi connectivity index (χ0v) is 13.4. The van der Waals surface area contributed by atoms with E-state index in [0.717, 1.165) is 25.1 Å². The number of ether oxygens (including phenoxy) is 1. The predicted octanol–water partition coefficient (Wildman–Crippen LogP) is 2.61. The van der Waals surface area contributed by atoms with Crippen LogP contribution in [0.25, 0.3) is 0 Å². The monoisotopic (exact) mass is 295 g/mol. The summed E-state index contributed by atoms with van der Waals surface area (Å²) in [5.74, 6) is 0.531. The van der Waals surface area contributed by atoms with E-state index in [1.807, 2.05) is 19.9 Å². The maximum Gasteiger partial charge on any atom is 0.191 e. The van der Waals surface area contributed by atoms with E-state index in [4.69, 9.17) is 4.74 Å². The third kappa shape index (κ3) is 7.09. The molecule has 5 heteroatoms. The lowest BCUT2D eigenvalue weighted by Crippen LogP contribution is -2.37. The van der Waals surface area contributed by atoms with Crippen molar-refractivity contribution in [2.75, 3.05) is 20.2 Å². The highest BCUT2D eigenvalue weighted by Crippen LogP contribution is 2.08. The molecule has 0 aliphatic heterocycles. The Kier molecular flexibility index (Phi) is 7.75. The first kappa shape index (κ1) is 17.4. The van der Waals surface area contributed by atoms with Gasteiger partial charge in [0.15, 0.2) is 5.96 Å². The standard InChI is InChI=1S/C16H26FN3O/c1-12(2)21-9-5-8-19-16(18-4)20-11-14-7-6-13(3)15(17)10-14/h6-7,10,12H,5,8-9,11H2,1-4H3,(H2,18,19,20). The largest absolute Gasteiger partial charge is 0.379 e. The minimum Gasteiger partial charge on any atom is -0.379 e. The quantitative estimate of drug-likeness (QED) is 0.462. The second-order valence-electron chi connectivity index (χ2n) is 5.21. The van der Waals surface area contributed by atoms with Crippen LogP contribution in [-0.4, -0.2) is 32.3 Å². The van der Waals surface area contributed by atoms with E-state index in [0.29, 0.717) is 18.1 Å². The highest BCUT2D eigenvalue weighted by atomic mass is 19.1. The molecule has 0 aromatic heterocycles. The van der Waals surface area contributed by atoms with Crippen molar-refractivity contribution < 1.29 is 9.13 Å². The number of halogens is 1. The lowest BCUT2D eigenvalue weighted by Gasteiger charge is -2.13. The highest BCUT2D eigenvalue weighted by Gasteiger charge is 2.01. The average Bonchev–Trinajstić information content (AvgIpc) is 2.45. The summed E-state index contributed by atoms with van der Waals surface area (Å²) >= 11 is 0. The Balaban J connectivity index is 2.29. The summed E-state index contributed by atoms with van der Waals surface area (Å²) in [4.78, 5) is 4.14. The molecule has 1 aromatic carbocycles. The minimum absolute atomic E-state index is 0.178. The van der Waals surface area contributed by atoms with E-state index in [9.17, 15) is 4.39 Å². The van der Waals surface area contributed by atoms with Crippen molar-refractivity contribution in [3.63, 3.8) is 0 Å². The van der Waals surface area contributed by atoms with Crippen LogP contribution in [0, 0.1) is 12.7 Å². The van der Waals surface area contributed by atoms with Gasteiger partial charge in [-0.1, -0.05) is 12.1 Å². The van der Waals surface area contributed by atoms with Crippen molar-refractivity contribution in [1.29, 1.82) is 0 Å². The highest BCUT2D eigenvalue weighted by molar-refractivity contribution is 5.79. The van der Waals surface area contributed by atoms with Gasteiger partial charge in [-0.25, -0.2) is 4.39 Å². The van der Waals surface area contributed by atoms with Crippen LogP contribution in [0.3, 0.4) is 0 Å². The second-order valence-corrected chi connectivity index (χ2v) is 5.21. The van der Waals surface area contributed by atoms with Crippen molar-refractivity contribution in [1.82, 2.24) is 10.6 Å². The van der Waals surface area contributed by atoms with Gasteiger partial charge in [0.25, 0.3) is 0 Å². The molecule has 0 fully saturated rings. The van der Waals surface area contributed by atoms with Crippen LogP contribution in [0.15, 0.2) is 23.2 Å². The van der Waals surface area contributed by atoms with Gasteiger partial charge in [-0.05, 0) is 44.4 Å². The van der Waals surface area contributed by atoms with Gasteiger partial charge in [-0.15, -0.1) is 0 Å². The zero-order chi connectivity index (χ0) is 15.7. The Morgan fingerprint density at radius 1 is 1.33 bits per heavy atom. The van der Waals surface area contributed by atoms with Crippen molar-refractivity contribution >= 4 is 5.96 Å². The van der Waals surface area contributed by atoms with Crippen LogP contribution in [0.2, 0.25) is 0 Å². The minimum atomic E-state index is -0.178. The molecular weight excluding hydrogens is 269 g/mol. The van der Waals surface area contributed by atoms with E-state index >= 15 is 0 Å². The van der Waals surface area contributed by atoms with Crippen molar-refractivity contribution in [2.45, 2.75) is 39.8 Å². The summed E-state index contributed by atoms with van der Waals surface area (Å²) in [7, 11) is 1.72. The van der Waals surface area contributed by atoms with Gasteiger partial charge in [-0.3, -0.25) is 4.99 Å². The number of hydrogen-bond acceptors (Lipinski definition) is 2. The summed E-state index contributed by atoms with van der Waals surface area (Å²) in [5.41, 5.74) is 1.55. The van der Waals surface area contributed by atoms with Gasteiger partial charge >= 0.3 is 0 Å². The Hall–Kier alpha value is -1.62. The number of rotatable bonds is 7. The first-order chi connectivity index (χ1) is 10.0. The molecule has 4 nitrogen and oxygen atoms in total. The lowest BCUT2D eigenvalue weighted by molar-refractivity contribution is 0.0776. The molecule has 21 heavy (non-hydrogen) atoms. The van der Waals surface area contributed by atoms with Crippen LogP contribution >= 0.6 is 0 Å². The zero-order valence-electron chi connectivity index (χ0n) is 13.4. The maximum atomic E-state index is 13.5. The van der Waals surface area contributed by atoms with Crippen LogP contribution < -0.4 is 10.6 Å². The molecular formula is C16H26FN3O. The summed E-state index contributed by atoms with van der Waals surface area (Å²) < 4.78 is 18.9.